The predicted molar refractivity (Wildman–Crippen MR) is 123 cm³/mol. The molecule has 0 saturated heterocycles. The van der Waals surface area contributed by atoms with Gasteiger partial charge in [-0.1, -0.05) is 133 Å². The maximum Gasteiger partial charge on any atom is -0.0147 e. The molecule has 0 aliphatic rings. The lowest BCUT2D eigenvalue weighted by atomic mass is 9.90. The molecule has 0 radical (unpaired) electrons. The van der Waals surface area contributed by atoms with E-state index in [4.69, 9.17) is 0 Å². The third kappa shape index (κ3) is 8.08. The fourth-order valence-electron chi connectivity index (χ4n) is 4.29. The van der Waals surface area contributed by atoms with E-state index < -0.39 is 0 Å². The van der Waals surface area contributed by atoms with Gasteiger partial charge in [-0.05, 0) is 35.6 Å². The van der Waals surface area contributed by atoms with Crippen LogP contribution >= 0.6 is 0 Å². The summed E-state index contributed by atoms with van der Waals surface area (Å²) in [7, 11) is 0. The van der Waals surface area contributed by atoms with Crippen LogP contribution in [0.3, 0.4) is 0 Å². The largest absolute Gasteiger partial charge is 0.0654 e. The first kappa shape index (κ1) is 22.0. The van der Waals surface area contributed by atoms with Crippen LogP contribution in [0.15, 0.2) is 36.4 Å². The van der Waals surface area contributed by atoms with Crippen molar-refractivity contribution < 1.29 is 0 Å². The van der Waals surface area contributed by atoms with Crippen LogP contribution in [0.5, 0.6) is 0 Å². The number of unbranched alkanes of at least 4 members (excludes halogenated alkanes) is 11. The molecule has 0 fully saturated rings. The highest BCUT2D eigenvalue weighted by Crippen LogP contribution is 2.30. The monoisotopic (exact) mass is 366 g/mol. The number of rotatable bonds is 14. The highest BCUT2D eigenvalue weighted by atomic mass is 14.1. The van der Waals surface area contributed by atoms with Crippen molar-refractivity contribution in [2.75, 3.05) is 0 Å². The van der Waals surface area contributed by atoms with E-state index in [1.54, 1.807) is 5.56 Å². The van der Waals surface area contributed by atoms with Crippen LogP contribution < -0.4 is 0 Å². The second-order valence-corrected chi connectivity index (χ2v) is 8.65. The second-order valence-electron chi connectivity index (χ2n) is 8.65. The van der Waals surface area contributed by atoms with Crippen LogP contribution in [-0.4, -0.2) is 0 Å². The van der Waals surface area contributed by atoms with E-state index in [0.717, 1.165) is 0 Å². The van der Waals surface area contributed by atoms with Crippen molar-refractivity contribution in [1.82, 2.24) is 0 Å². The fourth-order valence-corrected chi connectivity index (χ4v) is 4.29. The predicted octanol–water partition coefficient (Wildman–Crippen LogP) is 9.34. The van der Waals surface area contributed by atoms with Gasteiger partial charge in [0.05, 0.1) is 0 Å². The fraction of sp³-hybridized carbons (Fsp3) is 0.630. The zero-order valence-corrected chi connectivity index (χ0v) is 18.2. The molecule has 2 aromatic rings. The van der Waals surface area contributed by atoms with E-state index in [0.29, 0.717) is 5.92 Å². The lowest BCUT2D eigenvalue weighted by molar-refractivity contribution is 0.529. The van der Waals surface area contributed by atoms with Gasteiger partial charge >= 0.3 is 0 Å². The van der Waals surface area contributed by atoms with E-state index in [-0.39, 0.29) is 0 Å². The molecule has 0 bridgehead atoms. The molecule has 0 nitrogen and oxygen atoms in total. The highest BCUT2D eigenvalue weighted by molar-refractivity contribution is 5.86. The molecule has 0 N–H and O–H groups in total. The summed E-state index contributed by atoms with van der Waals surface area (Å²) >= 11 is 0. The third-order valence-electron chi connectivity index (χ3n) is 6.09. The number of aryl methyl sites for hydroxylation is 1. The van der Waals surface area contributed by atoms with Crippen molar-refractivity contribution in [3.05, 3.63) is 47.5 Å². The summed E-state index contributed by atoms with van der Waals surface area (Å²) in [4.78, 5) is 0. The summed E-state index contributed by atoms with van der Waals surface area (Å²) in [6.45, 7) is 6.91. The molecular weight excluding hydrogens is 324 g/mol. The first-order valence-corrected chi connectivity index (χ1v) is 11.7. The molecule has 2 rings (SSSR count). The third-order valence-corrected chi connectivity index (χ3v) is 6.09. The number of benzene rings is 2. The standard InChI is InChI=1S/C27H42/c1-4-5-6-7-8-9-10-11-12-13-14-15-17-24(3)26-19-16-18-25-21-20-23(2)22-27(25)26/h16,18-22,24H,4-15,17H2,1-3H3. The van der Waals surface area contributed by atoms with Gasteiger partial charge in [0.15, 0.2) is 0 Å². The first-order valence-electron chi connectivity index (χ1n) is 11.7. The minimum Gasteiger partial charge on any atom is -0.0654 e. The van der Waals surface area contributed by atoms with Crippen LogP contribution in [-0.2, 0) is 0 Å². The maximum absolute atomic E-state index is 2.41. The Kier molecular flexibility index (Phi) is 10.6. The zero-order valence-electron chi connectivity index (χ0n) is 18.2. The molecule has 0 heterocycles. The molecule has 0 spiro atoms. The van der Waals surface area contributed by atoms with Crippen molar-refractivity contribution in [3.63, 3.8) is 0 Å². The lowest BCUT2D eigenvalue weighted by Gasteiger charge is -2.15. The summed E-state index contributed by atoms with van der Waals surface area (Å²) in [5.41, 5.74) is 2.91. The molecule has 2 aromatic carbocycles. The molecule has 150 valence electrons. The molecule has 0 saturated carbocycles. The van der Waals surface area contributed by atoms with Crippen LogP contribution in [0.4, 0.5) is 0 Å². The average molecular weight is 367 g/mol. The van der Waals surface area contributed by atoms with Crippen LogP contribution in [0.1, 0.15) is 114 Å². The number of hydrogen-bond donors (Lipinski definition) is 0. The minimum atomic E-state index is 0.665. The Labute approximate surface area is 168 Å². The number of hydrogen-bond acceptors (Lipinski definition) is 0. The molecule has 0 heteroatoms. The molecule has 0 aliphatic heterocycles. The van der Waals surface area contributed by atoms with Gasteiger partial charge in [0.25, 0.3) is 0 Å². The first-order chi connectivity index (χ1) is 13.2. The van der Waals surface area contributed by atoms with Gasteiger partial charge in [0.1, 0.15) is 0 Å². The highest BCUT2D eigenvalue weighted by Gasteiger charge is 2.09. The second kappa shape index (κ2) is 13.0. The smallest absolute Gasteiger partial charge is 0.0147 e. The topological polar surface area (TPSA) is 0 Å². The Balaban J connectivity index is 1.58. The van der Waals surface area contributed by atoms with E-state index in [9.17, 15) is 0 Å². The molecule has 1 unspecified atom stereocenters. The molecule has 27 heavy (non-hydrogen) atoms. The zero-order chi connectivity index (χ0) is 19.3. The van der Waals surface area contributed by atoms with Crippen molar-refractivity contribution in [1.29, 1.82) is 0 Å². The van der Waals surface area contributed by atoms with Crippen LogP contribution in [0, 0.1) is 6.92 Å². The molecule has 1 atom stereocenters. The van der Waals surface area contributed by atoms with Gasteiger partial charge < -0.3 is 0 Å². The Morgan fingerprint density at radius 3 is 1.93 bits per heavy atom. The van der Waals surface area contributed by atoms with E-state index in [1.807, 2.05) is 0 Å². The molecule has 0 aliphatic carbocycles. The van der Waals surface area contributed by atoms with E-state index >= 15 is 0 Å². The van der Waals surface area contributed by atoms with Gasteiger partial charge in [-0.15, -0.1) is 0 Å². The van der Waals surface area contributed by atoms with Gasteiger partial charge in [0, 0.05) is 0 Å². The Hall–Kier alpha value is -1.30. The Bertz CT molecular complexity index is 640. The van der Waals surface area contributed by atoms with Gasteiger partial charge in [0.2, 0.25) is 0 Å². The summed E-state index contributed by atoms with van der Waals surface area (Å²) in [5.74, 6) is 0.665. The van der Waals surface area contributed by atoms with Gasteiger partial charge in [-0.2, -0.15) is 0 Å². The van der Waals surface area contributed by atoms with E-state index in [1.165, 1.54) is 99.8 Å². The maximum atomic E-state index is 2.41. The summed E-state index contributed by atoms with van der Waals surface area (Å²) in [6.07, 6.45) is 18.5. The van der Waals surface area contributed by atoms with Crippen molar-refractivity contribution in [2.45, 2.75) is 110 Å². The summed E-state index contributed by atoms with van der Waals surface area (Å²) in [5, 5.41) is 2.85. The normalized spacial score (nSPS) is 12.6. The van der Waals surface area contributed by atoms with Gasteiger partial charge in [-0.3, -0.25) is 0 Å². The Morgan fingerprint density at radius 1 is 0.704 bits per heavy atom. The van der Waals surface area contributed by atoms with E-state index in [2.05, 4.69) is 57.2 Å². The number of fused-ring (bicyclic) bond motifs is 1. The van der Waals surface area contributed by atoms with Crippen LogP contribution in [0.2, 0.25) is 0 Å². The minimum absolute atomic E-state index is 0.665. The van der Waals surface area contributed by atoms with Crippen LogP contribution in [0.25, 0.3) is 10.8 Å². The summed E-state index contributed by atoms with van der Waals surface area (Å²) < 4.78 is 0. The average Bonchev–Trinajstić information content (AvgIpc) is 2.68. The SMILES string of the molecule is CCCCCCCCCCCCCCC(C)c1cccc2ccc(C)cc12. The van der Waals surface area contributed by atoms with Crippen molar-refractivity contribution >= 4 is 10.8 Å². The quantitative estimate of drug-likeness (QED) is 0.292. The molecular formula is C27H42. The summed E-state index contributed by atoms with van der Waals surface area (Å²) in [6, 6.07) is 13.7. The Morgan fingerprint density at radius 2 is 1.30 bits per heavy atom. The van der Waals surface area contributed by atoms with Gasteiger partial charge in [-0.25, -0.2) is 0 Å². The van der Waals surface area contributed by atoms with Crippen molar-refractivity contribution in [3.8, 4) is 0 Å². The lowest BCUT2D eigenvalue weighted by Crippen LogP contribution is -1.95. The molecule has 0 aromatic heterocycles. The molecule has 0 amide bonds. The van der Waals surface area contributed by atoms with Crippen molar-refractivity contribution in [2.24, 2.45) is 0 Å².